The zero-order valence-electron chi connectivity index (χ0n) is 15.6. The predicted octanol–water partition coefficient (Wildman–Crippen LogP) is 4.07. The van der Waals surface area contributed by atoms with Gasteiger partial charge in [0, 0.05) is 17.8 Å². The molecule has 0 saturated heterocycles. The van der Waals surface area contributed by atoms with Crippen LogP contribution in [-0.2, 0) is 14.4 Å². The summed E-state index contributed by atoms with van der Waals surface area (Å²) in [6.07, 6.45) is 7.03. The van der Waals surface area contributed by atoms with Crippen LogP contribution in [0.15, 0.2) is 23.8 Å². The lowest BCUT2D eigenvalue weighted by Gasteiger charge is -2.58. The number of ketones is 3. The summed E-state index contributed by atoms with van der Waals surface area (Å²) >= 11 is 0. The summed E-state index contributed by atoms with van der Waals surface area (Å²) in [6.45, 7) is 10.5. The van der Waals surface area contributed by atoms with Gasteiger partial charge in [-0.25, -0.2) is 0 Å². The first-order valence-electron chi connectivity index (χ1n) is 9.66. The third kappa shape index (κ3) is 2.14. The molecule has 3 heteroatoms. The molecular weight excluding hydrogens is 312 g/mol. The second-order valence-corrected chi connectivity index (χ2v) is 9.41. The van der Waals surface area contributed by atoms with Crippen molar-refractivity contribution >= 4 is 17.3 Å². The standard InChI is InChI=1S/C22H28O3/c1-12-9-14-16-6-5-15(13(2)23)21(16,3)8-7-17(14)22(4)11-20(25)19(24)10-18(12)22/h10,14-17H,1,5-9,11H2,2-4H3/t14-,15+,16-,17-,21+,22+/m0/s1. The van der Waals surface area contributed by atoms with Crippen LogP contribution in [0.5, 0.6) is 0 Å². The van der Waals surface area contributed by atoms with E-state index in [2.05, 4.69) is 20.4 Å². The van der Waals surface area contributed by atoms with Crippen molar-refractivity contribution in [2.45, 2.75) is 59.3 Å². The largest absolute Gasteiger partial charge is 0.300 e. The minimum absolute atomic E-state index is 0.0966. The molecule has 0 amide bonds. The van der Waals surface area contributed by atoms with Gasteiger partial charge in [-0.15, -0.1) is 0 Å². The maximum absolute atomic E-state index is 12.2. The number of carbonyl (C=O) groups is 3. The molecule has 4 rings (SSSR count). The third-order valence-corrected chi connectivity index (χ3v) is 8.30. The van der Waals surface area contributed by atoms with E-state index in [0.29, 0.717) is 30.0 Å². The Kier molecular flexibility index (Phi) is 3.55. The maximum Gasteiger partial charge on any atom is 0.221 e. The normalized spacial score (nSPS) is 46.2. The molecule has 4 aliphatic carbocycles. The second kappa shape index (κ2) is 5.25. The van der Waals surface area contributed by atoms with E-state index in [-0.39, 0.29) is 28.3 Å². The lowest BCUT2D eigenvalue weighted by atomic mass is 9.46. The maximum atomic E-state index is 12.2. The smallest absolute Gasteiger partial charge is 0.221 e. The number of hydrogen-bond donors (Lipinski definition) is 0. The number of allylic oxidation sites excluding steroid dienone is 2. The molecule has 0 aromatic carbocycles. The highest BCUT2D eigenvalue weighted by molar-refractivity contribution is 6.42. The van der Waals surface area contributed by atoms with Gasteiger partial charge < -0.3 is 0 Å². The topological polar surface area (TPSA) is 51.2 Å². The molecule has 4 aliphatic rings. The number of carbonyl (C=O) groups excluding carboxylic acids is 3. The van der Waals surface area contributed by atoms with Gasteiger partial charge in [0.25, 0.3) is 0 Å². The molecule has 0 heterocycles. The molecule has 0 aromatic heterocycles. The van der Waals surface area contributed by atoms with Gasteiger partial charge in [-0.2, -0.15) is 0 Å². The van der Waals surface area contributed by atoms with E-state index in [9.17, 15) is 14.4 Å². The first kappa shape index (κ1) is 16.9. The Morgan fingerprint density at radius 3 is 2.56 bits per heavy atom. The van der Waals surface area contributed by atoms with Crippen molar-refractivity contribution in [1.82, 2.24) is 0 Å². The minimum atomic E-state index is -0.356. The van der Waals surface area contributed by atoms with Crippen molar-refractivity contribution in [1.29, 1.82) is 0 Å². The van der Waals surface area contributed by atoms with Crippen molar-refractivity contribution in [2.24, 2.45) is 34.5 Å². The van der Waals surface area contributed by atoms with E-state index in [1.807, 2.05) is 0 Å². The van der Waals surface area contributed by atoms with Gasteiger partial charge in [0.2, 0.25) is 11.6 Å². The zero-order chi connectivity index (χ0) is 18.1. The van der Waals surface area contributed by atoms with Crippen LogP contribution in [0.4, 0.5) is 0 Å². The molecule has 0 aromatic rings. The number of hydrogen-bond acceptors (Lipinski definition) is 3. The van der Waals surface area contributed by atoms with Crippen molar-refractivity contribution in [2.75, 3.05) is 0 Å². The number of Topliss-reactive ketones (excluding diaryl/α,β-unsaturated/α-hetero) is 2. The van der Waals surface area contributed by atoms with E-state index in [0.717, 1.165) is 43.3 Å². The first-order valence-corrected chi connectivity index (χ1v) is 9.66. The van der Waals surface area contributed by atoms with Gasteiger partial charge >= 0.3 is 0 Å². The fourth-order valence-electron chi connectivity index (χ4n) is 7.15. The van der Waals surface area contributed by atoms with Crippen LogP contribution in [-0.4, -0.2) is 17.3 Å². The average molecular weight is 340 g/mol. The molecule has 3 fully saturated rings. The Hall–Kier alpha value is -1.51. The van der Waals surface area contributed by atoms with Gasteiger partial charge in [-0.05, 0) is 73.8 Å². The number of fused-ring (bicyclic) bond motifs is 5. The van der Waals surface area contributed by atoms with E-state index >= 15 is 0 Å². The highest BCUT2D eigenvalue weighted by Gasteiger charge is 2.60. The van der Waals surface area contributed by atoms with Crippen LogP contribution in [0.1, 0.15) is 59.3 Å². The lowest BCUT2D eigenvalue weighted by Crippen LogP contribution is -2.52. The van der Waals surface area contributed by atoms with Gasteiger partial charge in [0.1, 0.15) is 5.78 Å². The second-order valence-electron chi connectivity index (χ2n) is 9.41. The fraction of sp³-hybridized carbons (Fsp3) is 0.682. The highest BCUT2D eigenvalue weighted by Crippen LogP contribution is 2.67. The summed E-state index contributed by atoms with van der Waals surface area (Å²) in [4.78, 5) is 36.3. The van der Waals surface area contributed by atoms with E-state index in [1.54, 1.807) is 13.0 Å². The number of rotatable bonds is 1. The third-order valence-electron chi connectivity index (χ3n) is 8.30. The molecule has 0 N–H and O–H groups in total. The molecule has 3 saturated carbocycles. The van der Waals surface area contributed by atoms with E-state index in [1.165, 1.54) is 0 Å². The molecule has 0 aliphatic heterocycles. The Bertz CT molecular complexity index is 730. The van der Waals surface area contributed by atoms with Crippen molar-refractivity contribution in [3.63, 3.8) is 0 Å². The van der Waals surface area contributed by atoms with Crippen LogP contribution in [0, 0.1) is 34.5 Å². The summed E-state index contributed by atoms with van der Waals surface area (Å²) in [5.41, 5.74) is 1.92. The highest BCUT2D eigenvalue weighted by atomic mass is 16.2. The van der Waals surface area contributed by atoms with Crippen molar-refractivity contribution < 1.29 is 14.4 Å². The summed E-state index contributed by atoms with van der Waals surface area (Å²) in [5, 5.41) is 0. The van der Waals surface area contributed by atoms with E-state index < -0.39 is 0 Å². The van der Waals surface area contributed by atoms with Crippen LogP contribution < -0.4 is 0 Å². The Morgan fingerprint density at radius 1 is 1.16 bits per heavy atom. The minimum Gasteiger partial charge on any atom is -0.300 e. The van der Waals surface area contributed by atoms with Crippen molar-refractivity contribution in [3.8, 4) is 0 Å². The Labute approximate surface area is 149 Å². The monoisotopic (exact) mass is 340 g/mol. The Morgan fingerprint density at radius 2 is 1.88 bits per heavy atom. The zero-order valence-corrected chi connectivity index (χ0v) is 15.6. The van der Waals surface area contributed by atoms with Crippen LogP contribution >= 0.6 is 0 Å². The molecule has 3 nitrogen and oxygen atoms in total. The summed E-state index contributed by atoms with van der Waals surface area (Å²) < 4.78 is 0. The van der Waals surface area contributed by atoms with Gasteiger partial charge in [0.05, 0.1) is 0 Å². The summed E-state index contributed by atoms with van der Waals surface area (Å²) in [6, 6.07) is 0. The van der Waals surface area contributed by atoms with Crippen LogP contribution in [0.25, 0.3) is 0 Å². The van der Waals surface area contributed by atoms with E-state index in [4.69, 9.17) is 0 Å². The summed E-state index contributed by atoms with van der Waals surface area (Å²) in [5.74, 6) is 1.35. The fourth-order valence-corrected chi connectivity index (χ4v) is 7.15. The van der Waals surface area contributed by atoms with Gasteiger partial charge in [0.15, 0.2) is 0 Å². The predicted molar refractivity (Wildman–Crippen MR) is 95.8 cm³/mol. The SMILES string of the molecule is C=C1C[C@H]2[C@@H]3CC[C@H](C(C)=O)[C@@]3(C)CC[C@@H]2[C@@]2(C)CC(=O)C(=O)C=C12. The molecule has 0 radical (unpaired) electrons. The van der Waals surface area contributed by atoms with Gasteiger partial charge in [-0.1, -0.05) is 26.0 Å². The Balaban J connectivity index is 1.74. The van der Waals surface area contributed by atoms with Crippen LogP contribution in [0.3, 0.4) is 0 Å². The molecule has 0 unspecified atom stereocenters. The molecule has 134 valence electrons. The quantitative estimate of drug-likeness (QED) is 0.676. The first-order chi connectivity index (χ1) is 11.7. The average Bonchev–Trinajstić information content (AvgIpc) is 2.88. The summed E-state index contributed by atoms with van der Waals surface area (Å²) in [7, 11) is 0. The van der Waals surface area contributed by atoms with Crippen LogP contribution in [0.2, 0.25) is 0 Å². The molecule has 6 atom stereocenters. The lowest BCUT2D eigenvalue weighted by molar-refractivity contribution is -0.138. The molecule has 25 heavy (non-hydrogen) atoms. The molecule has 0 bridgehead atoms. The molecule has 0 spiro atoms. The molecular formula is C22H28O3. The van der Waals surface area contributed by atoms with Gasteiger partial charge in [-0.3, -0.25) is 14.4 Å². The van der Waals surface area contributed by atoms with Crippen molar-refractivity contribution in [3.05, 3.63) is 23.8 Å².